The zero-order valence-corrected chi connectivity index (χ0v) is 12.8. The molecule has 0 radical (unpaired) electrons. The molecule has 0 spiro atoms. The molecule has 4 heteroatoms. The van der Waals surface area contributed by atoms with Gasteiger partial charge < -0.3 is 19.9 Å². The number of rotatable bonds is 8. The summed E-state index contributed by atoms with van der Waals surface area (Å²) in [6, 6.07) is 8.81. The fourth-order valence-electron chi connectivity index (χ4n) is 1.89. The Morgan fingerprint density at radius 1 is 1.21 bits per heavy atom. The number of benzene rings is 1. The summed E-state index contributed by atoms with van der Waals surface area (Å²) < 4.78 is 5.14. The monoisotopic (exact) mass is 265 g/mol. The second-order valence-electron chi connectivity index (χ2n) is 5.28. The maximum Gasteiger partial charge on any atom is 0.0661 e. The molecule has 1 atom stereocenters. The van der Waals surface area contributed by atoms with Gasteiger partial charge in [-0.15, -0.1) is 0 Å². The van der Waals surface area contributed by atoms with Gasteiger partial charge in [-0.3, -0.25) is 0 Å². The summed E-state index contributed by atoms with van der Waals surface area (Å²) in [5, 5.41) is 3.44. The third kappa shape index (κ3) is 5.94. The van der Waals surface area contributed by atoms with Crippen molar-refractivity contribution in [1.82, 2.24) is 4.90 Å². The van der Waals surface area contributed by atoms with Crippen LogP contribution < -0.4 is 10.2 Å². The fourth-order valence-corrected chi connectivity index (χ4v) is 1.89. The molecule has 0 saturated carbocycles. The second kappa shape index (κ2) is 8.02. The minimum atomic E-state index is 0.312. The van der Waals surface area contributed by atoms with Crippen LogP contribution >= 0.6 is 0 Å². The van der Waals surface area contributed by atoms with Crippen LogP contribution in [0, 0.1) is 0 Å². The van der Waals surface area contributed by atoms with Crippen molar-refractivity contribution in [3.8, 4) is 0 Å². The largest absolute Gasteiger partial charge is 0.383 e. The highest BCUT2D eigenvalue weighted by atomic mass is 16.5. The van der Waals surface area contributed by atoms with Crippen LogP contribution in [0.5, 0.6) is 0 Å². The topological polar surface area (TPSA) is 27.7 Å². The van der Waals surface area contributed by atoms with Crippen molar-refractivity contribution in [2.24, 2.45) is 0 Å². The summed E-state index contributed by atoms with van der Waals surface area (Å²) in [4.78, 5) is 4.46. The first kappa shape index (κ1) is 15.8. The van der Waals surface area contributed by atoms with E-state index in [2.05, 4.69) is 67.4 Å². The van der Waals surface area contributed by atoms with Gasteiger partial charge in [0.05, 0.1) is 6.61 Å². The molecule has 1 N–H and O–H groups in total. The maximum absolute atomic E-state index is 5.14. The predicted octanol–water partition coefficient (Wildman–Crippen LogP) is 2.13. The van der Waals surface area contributed by atoms with Crippen LogP contribution in [-0.4, -0.2) is 58.9 Å². The molecule has 0 aromatic heterocycles. The van der Waals surface area contributed by atoms with Gasteiger partial charge in [-0.25, -0.2) is 0 Å². The average molecular weight is 265 g/mol. The second-order valence-corrected chi connectivity index (χ2v) is 5.28. The van der Waals surface area contributed by atoms with Crippen LogP contribution in [-0.2, 0) is 4.74 Å². The molecule has 1 unspecified atom stereocenters. The Kier molecular flexibility index (Phi) is 6.67. The summed E-state index contributed by atoms with van der Waals surface area (Å²) >= 11 is 0. The Morgan fingerprint density at radius 2 is 1.95 bits per heavy atom. The third-order valence-corrected chi connectivity index (χ3v) is 3.00. The molecule has 108 valence electrons. The molecular weight excluding hydrogens is 238 g/mol. The molecule has 1 aromatic rings. The number of methoxy groups -OCH3 is 1. The van der Waals surface area contributed by atoms with E-state index in [1.54, 1.807) is 7.11 Å². The summed E-state index contributed by atoms with van der Waals surface area (Å²) in [7, 11) is 8.04. The van der Waals surface area contributed by atoms with E-state index < -0.39 is 0 Å². The zero-order valence-electron chi connectivity index (χ0n) is 12.8. The van der Waals surface area contributed by atoms with Crippen molar-refractivity contribution >= 4 is 11.4 Å². The van der Waals surface area contributed by atoms with Crippen molar-refractivity contribution in [2.75, 3.05) is 58.2 Å². The van der Waals surface area contributed by atoms with Crippen LogP contribution in [0.25, 0.3) is 0 Å². The number of hydrogen-bond donors (Lipinski definition) is 1. The van der Waals surface area contributed by atoms with Gasteiger partial charge in [0, 0.05) is 44.7 Å². The molecule has 0 saturated heterocycles. The van der Waals surface area contributed by atoms with Gasteiger partial charge in [0.2, 0.25) is 0 Å². The number of likely N-dealkylation sites (N-methyl/N-ethyl adjacent to an activating group) is 2. The molecule has 0 bridgehead atoms. The number of nitrogens with one attached hydrogen (secondary N) is 1. The van der Waals surface area contributed by atoms with Crippen molar-refractivity contribution in [3.63, 3.8) is 0 Å². The highest BCUT2D eigenvalue weighted by Crippen LogP contribution is 2.18. The van der Waals surface area contributed by atoms with Gasteiger partial charge >= 0.3 is 0 Å². The molecule has 1 rings (SSSR count). The van der Waals surface area contributed by atoms with Gasteiger partial charge in [-0.1, -0.05) is 6.07 Å². The van der Waals surface area contributed by atoms with Gasteiger partial charge in [-0.05, 0) is 39.2 Å². The number of ether oxygens (including phenoxy) is 1. The molecule has 0 aliphatic rings. The van der Waals surface area contributed by atoms with Crippen molar-refractivity contribution < 1.29 is 4.74 Å². The highest BCUT2D eigenvalue weighted by molar-refractivity contribution is 5.58. The molecular formula is C15H27N3O. The van der Waals surface area contributed by atoms with E-state index in [0.717, 1.165) is 18.8 Å². The Hall–Kier alpha value is -1.26. The molecule has 0 aliphatic carbocycles. The smallest absolute Gasteiger partial charge is 0.0661 e. The standard InChI is InChI=1S/C15H27N3O/c1-13(12-19-5)16-14-7-6-8-15(11-14)18(4)10-9-17(2)3/h6-8,11,13,16H,9-10,12H2,1-5H3. The molecule has 1 aromatic carbocycles. The van der Waals surface area contributed by atoms with Crippen LogP contribution in [0.15, 0.2) is 24.3 Å². The van der Waals surface area contributed by atoms with Crippen molar-refractivity contribution in [1.29, 1.82) is 0 Å². The predicted molar refractivity (Wildman–Crippen MR) is 83.2 cm³/mol. The molecule has 4 nitrogen and oxygen atoms in total. The van der Waals surface area contributed by atoms with Crippen LogP contribution in [0.4, 0.5) is 11.4 Å². The van der Waals surface area contributed by atoms with E-state index in [0.29, 0.717) is 12.6 Å². The summed E-state index contributed by atoms with van der Waals surface area (Å²) in [6.45, 7) is 4.89. The normalized spacial score (nSPS) is 12.5. The van der Waals surface area contributed by atoms with E-state index in [4.69, 9.17) is 4.74 Å². The van der Waals surface area contributed by atoms with E-state index in [9.17, 15) is 0 Å². The van der Waals surface area contributed by atoms with E-state index in [1.807, 2.05) is 0 Å². The number of anilines is 2. The molecule has 0 heterocycles. The first-order valence-corrected chi connectivity index (χ1v) is 6.74. The van der Waals surface area contributed by atoms with Gasteiger partial charge in [0.15, 0.2) is 0 Å². The first-order chi connectivity index (χ1) is 9.02. The first-order valence-electron chi connectivity index (χ1n) is 6.74. The Morgan fingerprint density at radius 3 is 2.58 bits per heavy atom. The Labute approximate surface area is 117 Å². The lowest BCUT2D eigenvalue weighted by Gasteiger charge is -2.23. The van der Waals surface area contributed by atoms with E-state index in [-0.39, 0.29) is 0 Å². The summed E-state index contributed by atoms with van der Waals surface area (Å²) in [6.07, 6.45) is 0. The minimum absolute atomic E-state index is 0.312. The number of hydrogen-bond acceptors (Lipinski definition) is 4. The van der Waals surface area contributed by atoms with Crippen molar-refractivity contribution in [2.45, 2.75) is 13.0 Å². The average Bonchev–Trinajstić information content (AvgIpc) is 2.36. The molecule has 0 aliphatic heterocycles. The fraction of sp³-hybridized carbons (Fsp3) is 0.600. The van der Waals surface area contributed by atoms with Crippen LogP contribution in [0.2, 0.25) is 0 Å². The Bertz CT molecular complexity index is 368. The van der Waals surface area contributed by atoms with E-state index in [1.165, 1.54) is 5.69 Å². The van der Waals surface area contributed by atoms with Crippen molar-refractivity contribution in [3.05, 3.63) is 24.3 Å². The van der Waals surface area contributed by atoms with Crippen LogP contribution in [0.1, 0.15) is 6.92 Å². The number of nitrogens with zero attached hydrogens (tertiary/aromatic N) is 2. The highest BCUT2D eigenvalue weighted by Gasteiger charge is 2.05. The quantitative estimate of drug-likeness (QED) is 0.779. The van der Waals surface area contributed by atoms with Gasteiger partial charge in [0.1, 0.15) is 0 Å². The lowest BCUT2D eigenvalue weighted by Crippen LogP contribution is -2.28. The molecule has 0 fully saturated rings. The SMILES string of the molecule is COCC(C)Nc1cccc(N(C)CCN(C)C)c1. The summed E-state index contributed by atoms with van der Waals surface area (Å²) in [5.74, 6) is 0. The third-order valence-electron chi connectivity index (χ3n) is 3.00. The lowest BCUT2D eigenvalue weighted by atomic mass is 10.2. The Balaban J connectivity index is 2.60. The minimum Gasteiger partial charge on any atom is -0.383 e. The lowest BCUT2D eigenvalue weighted by molar-refractivity contribution is 0.190. The van der Waals surface area contributed by atoms with Crippen LogP contribution in [0.3, 0.4) is 0 Å². The summed E-state index contributed by atoms with van der Waals surface area (Å²) in [5.41, 5.74) is 2.37. The van der Waals surface area contributed by atoms with E-state index >= 15 is 0 Å². The molecule has 19 heavy (non-hydrogen) atoms. The maximum atomic E-state index is 5.14. The van der Waals surface area contributed by atoms with Gasteiger partial charge in [0.25, 0.3) is 0 Å². The van der Waals surface area contributed by atoms with Gasteiger partial charge in [-0.2, -0.15) is 0 Å². The zero-order chi connectivity index (χ0) is 14.3. The molecule has 0 amide bonds.